The van der Waals surface area contributed by atoms with Crippen LogP contribution in [-0.4, -0.2) is 61.7 Å². The molecule has 2 aromatic rings. The van der Waals surface area contributed by atoms with Crippen molar-refractivity contribution in [2.45, 2.75) is 17.9 Å². The molecule has 0 radical (unpaired) electrons. The number of hydrogen-bond donors (Lipinski definition) is 1. The lowest BCUT2D eigenvalue weighted by Crippen LogP contribution is -2.50. The average molecular weight is 450 g/mol. The van der Waals surface area contributed by atoms with E-state index in [1.54, 1.807) is 36.1 Å². The molecule has 1 N–H and O–H groups in total. The number of rotatable bonds is 3. The molecule has 0 spiro atoms. The summed E-state index contributed by atoms with van der Waals surface area (Å²) in [5, 5.41) is 2.64. The van der Waals surface area contributed by atoms with E-state index in [4.69, 9.17) is 16.3 Å². The average Bonchev–Trinajstić information content (AvgIpc) is 2.74. The Balaban J connectivity index is 1.52. The standard InChI is InChI=1S/C20H20ClN3O5S/c1-13-19(25)22-16-11-15(21)18(12-17(16)29-13)30(27,28)24-9-7-23(8-10-24)20(26)14-5-3-2-4-6-14/h2-6,11-13H,7-10H2,1H3,(H,22,25). The predicted octanol–water partition coefficient (Wildman–Crippen LogP) is 2.21. The van der Waals surface area contributed by atoms with Gasteiger partial charge in [-0.15, -0.1) is 0 Å². The second-order valence-corrected chi connectivity index (χ2v) is 9.40. The van der Waals surface area contributed by atoms with Crippen LogP contribution in [0.1, 0.15) is 17.3 Å². The summed E-state index contributed by atoms with van der Waals surface area (Å²) in [7, 11) is -3.90. The quantitative estimate of drug-likeness (QED) is 0.775. The Morgan fingerprint density at radius 2 is 1.80 bits per heavy atom. The third-order valence-corrected chi connectivity index (χ3v) is 7.49. The number of amides is 2. The molecule has 1 unspecified atom stereocenters. The van der Waals surface area contributed by atoms with Crippen molar-refractivity contribution in [3.63, 3.8) is 0 Å². The Labute approximate surface area is 179 Å². The minimum atomic E-state index is -3.90. The number of halogens is 1. The smallest absolute Gasteiger partial charge is 0.265 e. The van der Waals surface area contributed by atoms with Gasteiger partial charge in [0.15, 0.2) is 6.10 Å². The van der Waals surface area contributed by atoms with Gasteiger partial charge in [-0.2, -0.15) is 4.31 Å². The minimum absolute atomic E-state index is 0.00463. The number of nitrogens with one attached hydrogen (secondary N) is 1. The number of carbonyl (C=O) groups is 2. The largest absolute Gasteiger partial charge is 0.479 e. The van der Waals surface area contributed by atoms with Crippen molar-refractivity contribution in [1.29, 1.82) is 0 Å². The molecule has 10 heteroatoms. The van der Waals surface area contributed by atoms with Crippen LogP contribution < -0.4 is 10.1 Å². The summed E-state index contributed by atoms with van der Waals surface area (Å²) in [6, 6.07) is 11.6. The van der Waals surface area contributed by atoms with E-state index >= 15 is 0 Å². The monoisotopic (exact) mass is 449 g/mol. The zero-order chi connectivity index (χ0) is 21.5. The third kappa shape index (κ3) is 3.76. The molecule has 1 fully saturated rings. The molecule has 2 heterocycles. The van der Waals surface area contributed by atoms with Gasteiger partial charge in [-0.1, -0.05) is 29.8 Å². The molecule has 0 bridgehead atoms. The van der Waals surface area contributed by atoms with E-state index < -0.39 is 16.1 Å². The topological polar surface area (TPSA) is 96.0 Å². The SMILES string of the molecule is CC1Oc2cc(S(=O)(=O)N3CCN(C(=O)c4ccccc4)CC3)c(Cl)cc2NC1=O. The van der Waals surface area contributed by atoms with E-state index in [1.807, 2.05) is 6.07 Å². The molecule has 2 amide bonds. The number of carbonyl (C=O) groups excluding carboxylic acids is 2. The van der Waals surface area contributed by atoms with Crippen LogP contribution >= 0.6 is 11.6 Å². The number of hydrogen-bond acceptors (Lipinski definition) is 5. The van der Waals surface area contributed by atoms with Gasteiger partial charge >= 0.3 is 0 Å². The molecule has 2 aliphatic heterocycles. The summed E-state index contributed by atoms with van der Waals surface area (Å²) in [6.45, 7) is 2.44. The predicted molar refractivity (Wildman–Crippen MR) is 111 cm³/mol. The minimum Gasteiger partial charge on any atom is -0.479 e. The molecule has 0 saturated carbocycles. The van der Waals surface area contributed by atoms with Crippen molar-refractivity contribution in [2.24, 2.45) is 0 Å². The Morgan fingerprint density at radius 3 is 2.47 bits per heavy atom. The summed E-state index contributed by atoms with van der Waals surface area (Å²) in [5.41, 5.74) is 0.903. The third-order valence-electron chi connectivity index (χ3n) is 5.13. The van der Waals surface area contributed by atoms with E-state index in [9.17, 15) is 18.0 Å². The fourth-order valence-corrected chi connectivity index (χ4v) is 5.38. The zero-order valence-electron chi connectivity index (χ0n) is 16.2. The molecular formula is C20H20ClN3O5S. The maximum atomic E-state index is 13.2. The molecule has 4 rings (SSSR count). The van der Waals surface area contributed by atoms with Crippen molar-refractivity contribution in [1.82, 2.24) is 9.21 Å². The first-order chi connectivity index (χ1) is 14.3. The lowest BCUT2D eigenvalue weighted by atomic mass is 10.2. The Kier molecular flexibility index (Phi) is 5.44. The molecule has 0 aliphatic carbocycles. The van der Waals surface area contributed by atoms with Crippen LogP contribution in [0.25, 0.3) is 0 Å². The first kappa shape index (κ1) is 20.6. The fraction of sp³-hybridized carbons (Fsp3) is 0.300. The highest BCUT2D eigenvalue weighted by Crippen LogP contribution is 2.38. The maximum Gasteiger partial charge on any atom is 0.265 e. The summed E-state index contributed by atoms with van der Waals surface area (Å²) < 4.78 is 33.2. The summed E-state index contributed by atoms with van der Waals surface area (Å²) in [5.74, 6) is -0.200. The number of nitrogens with zero attached hydrogens (tertiary/aromatic N) is 2. The molecular weight excluding hydrogens is 430 g/mol. The zero-order valence-corrected chi connectivity index (χ0v) is 17.7. The number of piperazine rings is 1. The number of sulfonamides is 1. The number of benzene rings is 2. The molecule has 1 atom stereocenters. The maximum absolute atomic E-state index is 13.2. The van der Waals surface area contributed by atoms with Crippen LogP contribution in [0, 0.1) is 0 Å². The molecule has 8 nitrogen and oxygen atoms in total. The second kappa shape index (κ2) is 7.90. The van der Waals surface area contributed by atoms with E-state index in [1.165, 1.54) is 16.4 Å². The van der Waals surface area contributed by atoms with Crippen LogP contribution in [0.15, 0.2) is 47.4 Å². The van der Waals surface area contributed by atoms with E-state index in [-0.39, 0.29) is 53.7 Å². The number of fused-ring (bicyclic) bond motifs is 1. The van der Waals surface area contributed by atoms with Gasteiger partial charge in [0.1, 0.15) is 10.6 Å². The van der Waals surface area contributed by atoms with Gasteiger partial charge in [-0.05, 0) is 25.1 Å². The Morgan fingerprint density at radius 1 is 1.13 bits per heavy atom. The van der Waals surface area contributed by atoms with Gasteiger partial charge in [0, 0.05) is 37.8 Å². The number of ether oxygens (including phenoxy) is 1. The first-order valence-electron chi connectivity index (χ1n) is 9.43. The molecule has 2 aromatic carbocycles. The van der Waals surface area contributed by atoms with Crippen molar-refractivity contribution < 1.29 is 22.7 Å². The van der Waals surface area contributed by atoms with Crippen molar-refractivity contribution in [3.8, 4) is 5.75 Å². The summed E-state index contributed by atoms with van der Waals surface area (Å²) >= 11 is 6.23. The van der Waals surface area contributed by atoms with Crippen LogP contribution in [0.3, 0.4) is 0 Å². The van der Waals surface area contributed by atoms with Crippen molar-refractivity contribution in [2.75, 3.05) is 31.5 Å². The highest BCUT2D eigenvalue weighted by molar-refractivity contribution is 7.89. The van der Waals surface area contributed by atoms with Crippen molar-refractivity contribution in [3.05, 3.63) is 53.1 Å². The summed E-state index contributed by atoms with van der Waals surface area (Å²) in [6.07, 6.45) is -0.734. The van der Waals surface area contributed by atoms with Gasteiger partial charge < -0.3 is 15.0 Å². The molecule has 2 aliphatic rings. The van der Waals surface area contributed by atoms with Gasteiger partial charge in [0.25, 0.3) is 11.8 Å². The first-order valence-corrected chi connectivity index (χ1v) is 11.2. The fourth-order valence-electron chi connectivity index (χ4n) is 3.44. The lowest BCUT2D eigenvalue weighted by Gasteiger charge is -2.34. The van der Waals surface area contributed by atoms with E-state index in [0.717, 1.165) is 0 Å². The van der Waals surface area contributed by atoms with Crippen LogP contribution in [0.2, 0.25) is 5.02 Å². The highest BCUT2D eigenvalue weighted by Gasteiger charge is 2.34. The molecule has 1 saturated heterocycles. The second-order valence-electron chi connectivity index (χ2n) is 7.09. The van der Waals surface area contributed by atoms with Crippen LogP contribution in [0.5, 0.6) is 5.75 Å². The molecule has 158 valence electrons. The van der Waals surface area contributed by atoms with Crippen LogP contribution in [0.4, 0.5) is 5.69 Å². The van der Waals surface area contributed by atoms with Gasteiger partial charge in [-0.25, -0.2) is 8.42 Å². The Bertz CT molecular complexity index is 1100. The van der Waals surface area contributed by atoms with Crippen LogP contribution in [-0.2, 0) is 14.8 Å². The van der Waals surface area contributed by atoms with Crippen molar-refractivity contribution >= 4 is 39.1 Å². The molecule has 30 heavy (non-hydrogen) atoms. The normalized spacial score (nSPS) is 19.6. The Hall–Kier alpha value is -2.62. The molecule has 0 aromatic heterocycles. The summed E-state index contributed by atoms with van der Waals surface area (Å²) in [4.78, 5) is 25.9. The lowest BCUT2D eigenvalue weighted by molar-refractivity contribution is -0.122. The number of anilines is 1. The van der Waals surface area contributed by atoms with Gasteiger partial charge in [0.2, 0.25) is 10.0 Å². The van der Waals surface area contributed by atoms with Gasteiger partial charge in [0.05, 0.1) is 10.7 Å². The highest BCUT2D eigenvalue weighted by atomic mass is 35.5. The van der Waals surface area contributed by atoms with E-state index in [2.05, 4.69) is 5.32 Å². The van der Waals surface area contributed by atoms with Gasteiger partial charge in [-0.3, -0.25) is 9.59 Å². The van der Waals surface area contributed by atoms with E-state index in [0.29, 0.717) is 11.3 Å².